The number of nitrogens with zero attached hydrogens (tertiary/aromatic N) is 4. The van der Waals surface area contributed by atoms with Crippen LogP contribution in [0.2, 0.25) is 0 Å². The minimum absolute atomic E-state index is 0.156. The molecule has 5 aromatic rings. The summed E-state index contributed by atoms with van der Waals surface area (Å²) in [5.41, 5.74) is 3.88. The predicted molar refractivity (Wildman–Crippen MR) is 192 cm³/mol. The topological polar surface area (TPSA) is 96.9 Å². The van der Waals surface area contributed by atoms with Crippen LogP contribution in [0, 0.1) is 11.3 Å². The van der Waals surface area contributed by atoms with Crippen molar-refractivity contribution in [3.05, 3.63) is 137 Å². The Kier molecular flexibility index (Phi) is 9.62. The highest BCUT2D eigenvalue weighted by Gasteiger charge is 2.36. The van der Waals surface area contributed by atoms with Crippen LogP contribution in [-0.4, -0.2) is 35.6 Å². The Hall–Kier alpha value is -4.98. The van der Waals surface area contributed by atoms with Crippen molar-refractivity contribution in [2.45, 2.75) is 33.4 Å². The minimum atomic E-state index is -0.748. The van der Waals surface area contributed by atoms with Crippen molar-refractivity contribution in [1.29, 1.82) is 5.26 Å². The van der Waals surface area contributed by atoms with E-state index in [1.54, 1.807) is 28.7 Å². The highest BCUT2D eigenvalue weighted by Crippen LogP contribution is 2.40. The van der Waals surface area contributed by atoms with Gasteiger partial charge < -0.3 is 14.4 Å². The van der Waals surface area contributed by atoms with Gasteiger partial charge in [0.05, 0.1) is 39.0 Å². The average molecular weight is 722 g/mol. The van der Waals surface area contributed by atoms with Crippen LogP contribution in [0.1, 0.15) is 49.1 Å². The first-order valence-corrected chi connectivity index (χ1v) is 17.2. The summed E-state index contributed by atoms with van der Waals surface area (Å²) in [5, 5.41) is 10.9. The first kappa shape index (κ1) is 32.9. The van der Waals surface area contributed by atoms with Crippen LogP contribution in [0.4, 0.5) is 0 Å². The maximum atomic E-state index is 14.4. The quantitative estimate of drug-likeness (QED) is 0.174. The highest BCUT2D eigenvalue weighted by atomic mass is 79.9. The third kappa shape index (κ3) is 6.19. The van der Waals surface area contributed by atoms with Gasteiger partial charge in [-0.1, -0.05) is 59.9 Å². The smallest absolute Gasteiger partial charge is 0.271 e. The summed E-state index contributed by atoms with van der Waals surface area (Å²) in [5.74, 6) is 1.08. The molecule has 4 aromatic carbocycles. The van der Waals surface area contributed by atoms with Crippen LogP contribution in [0.15, 0.2) is 104 Å². The van der Waals surface area contributed by atoms with Gasteiger partial charge in [0.25, 0.3) is 11.5 Å². The molecule has 1 aliphatic rings. The highest BCUT2D eigenvalue weighted by molar-refractivity contribution is 9.10. The van der Waals surface area contributed by atoms with Gasteiger partial charge in [-0.15, -0.1) is 0 Å². The van der Waals surface area contributed by atoms with Crippen molar-refractivity contribution in [3.63, 3.8) is 0 Å². The lowest BCUT2D eigenvalue weighted by molar-refractivity contribution is -0.127. The third-order valence-electron chi connectivity index (χ3n) is 8.46. The summed E-state index contributed by atoms with van der Waals surface area (Å²) in [6.45, 7) is 7.12. The van der Waals surface area contributed by atoms with E-state index < -0.39 is 6.04 Å². The van der Waals surface area contributed by atoms with E-state index in [2.05, 4.69) is 22.0 Å². The fourth-order valence-electron chi connectivity index (χ4n) is 6.00. The van der Waals surface area contributed by atoms with Gasteiger partial charge in [-0.3, -0.25) is 14.2 Å². The third-order valence-corrected chi connectivity index (χ3v) is 10.1. The maximum absolute atomic E-state index is 14.4. The van der Waals surface area contributed by atoms with E-state index in [0.717, 1.165) is 31.9 Å². The zero-order valence-corrected chi connectivity index (χ0v) is 29.4. The van der Waals surface area contributed by atoms with Gasteiger partial charge >= 0.3 is 0 Å². The number of rotatable bonds is 9. The van der Waals surface area contributed by atoms with E-state index in [0.29, 0.717) is 57.4 Å². The molecule has 48 heavy (non-hydrogen) atoms. The van der Waals surface area contributed by atoms with Crippen molar-refractivity contribution in [1.82, 2.24) is 9.47 Å². The number of methoxy groups -OCH3 is 1. The second-order valence-corrected chi connectivity index (χ2v) is 13.1. The number of fused-ring (bicyclic) bond motifs is 2. The van der Waals surface area contributed by atoms with Gasteiger partial charge in [-0.05, 0) is 95.0 Å². The molecule has 0 aliphatic carbocycles. The normalized spacial score (nSPS) is 14.3. The fourth-order valence-corrected chi connectivity index (χ4v) is 7.55. The molecule has 0 bridgehead atoms. The van der Waals surface area contributed by atoms with E-state index in [4.69, 9.17) is 19.7 Å². The van der Waals surface area contributed by atoms with Crippen LogP contribution in [-0.2, 0) is 11.4 Å². The van der Waals surface area contributed by atoms with Gasteiger partial charge in [-0.2, -0.15) is 5.26 Å². The number of likely N-dealkylation sites (N-methyl/N-ethyl adjacent to an activating group) is 1. The Bertz CT molecular complexity index is 2300. The number of ether oxygens (including phenoxy) is 2. The summed E-state index contributed by atoms with van der Waals surface area (Å²) < 4.78 is 14.8. The first-order valence-electron chi connectivity index (χ1n) is 15.6. The second-order valence-electron chi connectivity index (χ2n) is 11.2. The molecule has 8 nitrogen and oxygen atoms in total. The van der Waals surface area contributed by atoms with Gasteiger partial charge in [0.1, 0.15) is 24.1 Å². The molecule has 1 atom stereocenters. The van der Waals surface area contributed by atoms with E-state index in [1.165, 1.54) is 11.3 Å². The zero-order valence-electron chi connectivity index (χ0n) is 27.0. The van der Waals surface area contributed by atoms with Crippen molar-refractivity contribution < 1.29 is 14.3 Å². The number of halogens is 1. The monoisotopic (exact) mass is 720 g/mol. The van der Waals surface area contributed by atoms with Crippen molar-refractivity contribution in [2.24, 2.45) is 4.99 Å². The number of benzene rings is 4. The van der Waals surface area contributed by atoms with Gasteiger partial charge in [-0.25, -0.2) is 4.99 Å². The zero-order chi connectivity index (χ0) is 33.9. The van der Waals surface area contributed by atoms with Gasteiger partial charge in [0.15, 0.2) is 4.80 Å². The molecule has 10 heteroatoms. The number of hydrogen-bond acceptors (Lipinski definition) is 7. The lowest BCUT2D eigenvalue weighted by Crippen LogP contribution is -2.43. The largest absolute Gasteiger partial charge is 0.496 e. The molecule has 2 heterocycles. The number of hydrogen-bond donors (Lipinski definition) is 0. The molecule has 0 saturated carbocycles. The number of carbonyl (C=O) groups excluding carboxylic acids is 1. The first-order chi connectivity index (χ1) is 23.3. The Labute approximate surface area is 290 Å². The van der Waals surface area contributed by atoms with E-state index in [1.807, 2.05) is 93.6 Å². The molecule has 0 radical (unpaired) electrons. The number of carbonyl (C=O) groups is 1. The van der Waals surface area contributed by atoms with Crippen molar-refractivity contribution in [2.75, 3.05) is 20.2 Å². The summed E-state index contributed by atoms with van der Waals surface area (Å²) in [6.07, 6.45) is 1.83. The van der Waals surface area contributed by atoms with Crippen molar-refractivity contribution in [3.8, 4) is 17.6 Å². The van der Waals surface area contributed by atoms with E-state index in [9.17, 15) is 9.59 Å². The molecule has 242 valence electrons. The Morgan fingerprint density at radius 3 is 2.48 bits per heavy atom. The molecular formula is C38H33BrN4O4S. The molecule has 1 aliphatic heterocycles. The van der Waals surface area contributed by atoms with Gasteiger partial charge in [0, 0.05) is 18.7 Å². The standard InChI is InChI=1S/C38H33BrN4O4S/c1-5-42(6-2)37(45)33-23(3)41-38-43(35(33)34-28-10-8-7-9-27(28)16-18-31(34)46-4)36(44)32(48-38)20-26-15-17-30(29(39)19-26)47-22-25-13-11-24(21-40)12-14-25/h7-20,35H,5-6,22H2,1-4H3/b32-20+/t35-/m0/s1. The molecule has 0 N–H and O–H groups in total. The average Bonchev–Trinajstić information content (AvgIpc) is 3.40. The molecule has 1 amide bonds. The molecule has 6 rings (SSSR count). The molecule has 0 spiro atoms. The van der Waals surface area contributed by atoms with E-state index in [-0.39, 0.29) is 11.5 Å². The lowest BCUT2D eigenvalue weighted by Gasteiger charge is -2.30. The van der Waals surface area contributed by atoms with Crippen LogP contribution in [0.25, 0.3) is 16.8 Å². The van der Waals surface area contributed by atoms with Gasteiger partial charge in [0.2, 0.25) is 0 Å². The Morgan fingerprint density at radius 2 is 1.79 bits per heavy atom. The predicted octanol–water partition coefficient (Wildman–Crippen LogP) is 6.48. The minimum Gasteiger partial charge on any atom is -0.496 e. The van der Waals surface area contributed by atoms with Crippen molar-refractivity contribution >= 4 is 50.0 Å². The number of amides is 1. The number of thiazole rings is 1. The Morgan fingerprint density at radius 1 is 1.06 bits per heavy atom. The number of allylic oxidation sites excluding steroid dienone is 1. The lowest BCUT2D eigenvalue weighted by atomic mass is 9.90. The molecule has 0 fully saturated rings. The van der Waals surface area contributed by atoms with Crippen LogP contribution in [0.3, 0.4) is 0 Å². The summed E-state index contributed by atoms with van der Waals surface area (Å²) in [7, 11) is 1.61. The van der Waals surface area contributed by atoms with Crippen LogP contribution >= 0.6 is 27.3 Å². The number of aromatic nitrogens is 1. The maximum Gasteiger partial charge on any atom is 0.271 e. The number of nitriles is 1. The summed E-state index contributed by atoms with van der Waals surface area (Å²) >= 11 is 4.91. The summed E-state index contributed by atoms with van der Waals surface area (Å²) in [6, 6.07) is 26.1. The Balaban J connectivity index is 1.45. The second kappa shape index (κ2) is 14.0. The fraction of sp³-hybridized carbons (Fsp3) is 0.211. The molecular weight excluding hydrogens is 688 g/mol. The summed E-state index contributed by atoms with van der Waals surface area (Å²) in [4.78, 5) is 35.7. The van der Waals surface area contributed by atoms with Crippen LogP contribution < -0.4 is 24.4 Å². The van der Waals surface area contributed by atoms with E-state index >= 15 is 0 Å². The molecule has 0 saturated heterocycles. The molecule has 1 aromatic heterocycles. The molecule has 0 unspecified atom stereocenters. The van der Waals surface area contributed by atoms with Crippen LogP contribution in [0.5, 0.6) is 11.5 Å². The SMILES string of the molecule is CCN(CC)C(=O)C1=C(C)N=c2s/c(=C/c3ccc(OCc4ccc(C#N)cc4)c(Br)c3)c(=O)n2[C@@H]1c1c(OC)ccc2ccccc12.